The van der Waals surface area contributed by atoms with Gasteiger partial charge in [0.1, 0.15) is 0 Å². The molecule has 5 nitrogen and oxygen atoms in total. The van der Waals surface area contributed by atoms with Crippen LogP contribution < -0.4 is 0 Å². The fraction of sp³-hybridized carbons (Fsp3) is 0.963. The van der Waals surface area contributed by atoms with Gasteiger partial charge in [0.05, 0.1) is 6.61 Å². The van der Waals surface area contributed by atoms with Crippen LogP contribution in [0.15, 0.2) is 0 Å². The second-order valence-electron chi connectivity index (χ2n) is 8.14. The van der Waals surface area contributed by atoms with Crippen LogP contribution in [0.4, 0.5) is 0 Å². The van der Waals surface area contributed by atoms with E-state index in [0.29, 0.717) is 6.42 Å². The Morgan fingerprint density at radius 2 is 0.750 bits per heavy atom. The van der Waals surface area contributed by atoms with Crippen molar-refractivity contribution >= 4 is 5.97 Å². The lowest BCUT2D eigenvalue weighted by atomic mass is 10.0. The van der Waals surface area contributed by atoms with Crippen molar-refractivity contribution in [1.82, 2.24) is 0 Å². The zero-order valence-corrected chi connectivity index (χ0v) is 22.2. The van der Waals surface area contributed by atoms with Gasteiger partial charge in [0.25, 0.3) is 0 Å². The van der Waals surface area contributed by atoms with Crippen LogP contribution in [0.2, 0.25) is 0 Å². The molecule has 0 aliphatic heterocycles. The Bertz CT molecular complexity index is 279. The van der Waals surface area contributed by atoms with Crippen molar-refractivity contribution in [2.24, 2.45) is 0 Å². The van der Waals surface area contributed by atoms with Crippen molar-refractivity contribution in [3.05, 3.63) is 0 Å². The highest BCUT2D eigenvalue weighted by molar-refractivity contribution is 5.66. The SMILES string of the molecule is CCCCCCCCCCCCCCCCCC(=O)O.CCCCC[O].CCO.CCO. The number of hydrogen-bond acceptors (Lipinski definition) is 3. The molecule has 0 aliphatic rings. The number of carbonyl (C=O) groups is 1. The van der Waals surface area contributed by atoms with Crippen LogP contribution in [-0.4, -0.2) is 41.1 Å². The van der Waals surface area contributed by atoms with Crippen LogP contribution in [0.25, 0.3) is 0 Å². The molecule has 0 unspecified atom stereocenters. The molecular formula is C27H59O5. The summed E-state index contributed by atoms with van der Waals surface area (Å²) in [5, 5.41) is 33.3. The lowest BCUT2D eigenvalue weighted by molar-refractivity contribution is -0.137. The Labute approximate surface area is 201 Å². The van der Waals surface area contributed by atoms with Gasteiger partial charge in [0.2, 0.25) is 0 Å². The van der Waals surface area contributed by atoms with Crippen LogP contribution >= 0.6 is 0 Å². The summed E-state index contributed by atoms with van der Waals surface area (Å²) in [5.41, 5.74) is 0. The number of aliphatic hydroxyl groups excluding tert-OH is 2. The average molecular weight is 464 g/mol. The Kier molecular flexibility index (Phi) is 53.2. The third-order valence-electron chi connectivity index (χ3n) is 4.74. The van der Waals surface area contributed by atoms with E-state index in [4.69, 9.17) is 15.3 Å². The molecule has 0 aromatic rings. The molecule has 0 spiro atoms. The number of hydrogen-bond donors (Lipinski definition) is 3. The fourth-order valence-corrected chi connectivity index (χ4v) is 3.00. The van der Waals surface area contributed by atoms with Gasteiger partial charge in [-0.2, -0.15) is 0 Å². The summed E-state index contributed by atoms with van der Waals surface area (Å²) in [5.74, 6) is -0.653. The molecule has 0 atom stereocenters. The lowest BCUT2D eigenvalue weighted by Gasteiger charge is -2.03. The Hall–Kier alpha value is -0.650. The number of aliphatic carboxylic acids is 1. The maximum Gasteiger partial charge on any atom is 0.303 e. The molecule has 5 heteroatoms. The summed E-state index contributed by atoms with van der Waals surface area (Å²) in [6.07, 6.45) is 23.3. The van der Waals surface area contributed by atoms with Crippen LogP contribution in [0.1, 0.15) is 150 Å². The summed E-state index contributed by atoms with van der Waals surface area (Å²) in [7, 11) is 0. The van der Waals surface area contributed by atoms with Crippen molar-refractivity contribution in [2.75, 3.05) is 19.8 Å². The zero-order chi connectivity index (χ0) is 25.1. The summed E-state index contributed by atoms with van der Waals surface area (Å²) < 4.78 is 0. The van der Waals surface area contributed by atoms with Crippen LogP contribution in [0.5, 0.6) is 0 Å². The van der Waals surface area contributed by atoms with Gasteiger partial charge in [0, 0.05) is 19.6 Å². The molecule has 0 aromatic carbocycles. The second-order valence-corrected chi connectivity index (χ2v) is 8.14. The van der Waals surface area contributed by atoms with Gasteiger partial charge in [-0.3, -0.25) is 4.79 Å². The molecule has 197 valence electrons. The normalized spacial score (nSPS) is 9.59. The number of carboxylic acid groups (broad SMARTS) is 1. The molecule has 0 heterocycles. The van der Waals surface area contributed by atoms with Gasteiger partial charge in [-0.15, -0.1) is 0 Å². The highest BCUT2D eigenvalue weighted by Gasteiger charge is 1.97. The molecular weight excluding hydrogens is 404 g/mol. The summed E-state index contributed by atoms with van der Waals surface area (Å²) in [6.45, 7) is 8.33. The number of carboxylic acids is 1. The van der Waals surface area contributed by atoms with E-state index >= 15 is 0 Å². The van der Waals surface area contributed by atoms with E-state index < -0.39 is 5.97 Å². The van der Waals surface area contributed by atoms with Crippen molar-refractivity contribution in [3.63, 3.8) is 0 Å². The molecule has 0 amide bonds. The summed E-state index contributed by atoms with van der Waals surface area (Å²) >= 11 is 0. The largest absolute Gasteiger partial charge is 0.481 e. The van der Waals surface area contributed by atoms with Crippen molar-refractivity contribution in [3.8, 4) is 0 Å². The van der Waals surface area contributed by atoms with Gasteiger partial charge in [-0.05, 0) is 26.7 Å². The molecule has 0 saturated heterocycles. The highest BCUT2D eigenvalue weighted by atomic mass is 16.4. The average Bonchev–Trinajstić information content (AvgIpc) is 2.76. The predicted molar refractivity (Wildman–Crippen MR) is 138 cm³/mol. The topological polar surface area (TPSA) is 97.7 Å². The quantitative estimate of drug-likeness (QED) is 0.169. The first kappa shape index (κ1) is 38.6. The molecule has 0 aromatic heterocycles. The zero-order valence-electron chi connectivity index (χ0n) is 22.2. The molecule has 0 bridgehead atoms. The molecule has 3 N–H and O–H groups in total. The molecule has 0 aliphatic carbocycles. The molecule has 0 saturated carbocycles. The predicted octanol–water partition coefficient (Wildman–Crippen LogP) is 7.94. The van der Waals surface area contributed by atoms with Crippen molar-refractivity contribution in [1.29, 1.82) is 0 Å². The Morgan fingerprint density at radius 3 is 0.969 bits per heavy atom. The maximum absolute atomic E-state index is 10.3. The van der Waals surface area contributed by atoms with Crippen molar-refractivity contribution in [2.45, 2.75) is 150 Å². The summed E-state index contributed by atoms with van der Waals surface area (Å²) in [4.78, 5) is 10.3. The lowest BCUT2D eigenvalue weighted by Crippen LogP contribution is -1.93. The first-order chi connectivity index (χ1) is 15.5. The first-order valence-electron chi connectivity index (χ1n) is 13.5. The van der Waals surface area contributed by atoms with E-state index in [1.54, 1.807) is 13.8 Å². The van der Waals surface area contributed by atoms with E-state index in [-0.39, 0.29) is 19.8 Å². The van der Waals surface area contributed by atoms with E-state index in [2.05, 4.69) is 13.8 Å². The van der Waals surface area contributed by atoms with E-state index in [1.165, 1.54) is 83.5 Å². The fourth-order valence-electron chi connectivity index (χ4n) is 3.00. The Balaban J connectivity index is -0.000000268. The van der Waals surface area contributed by atoms with Gasteiger partial charge < -0.3 is 15.3 Å². The van der Waals surface area contributed by atoms with E-state index in [9.17, 15) is 9.90 Å². The Morgan fingerprint density at radius 1 is 0.500 bits per heavy atom. The standard InChI is InChI=1S/C18H36O2.C5H11O.2C2H6O/c1-2-3-4-5-6-7-8-9-10-11-12-13-14-15-16-17-18(19)20;1-2-3-4-5-6;2*1-2-3/h2-17H2,1H3,(H,19,20);2-5H2,1H3;2*3H,2H2,1H3. The third kappa shape index (κ3) is 63.0. The number of unbranched alkanes of at least 4 members (excludes halogenated alkanes) is 16. The van der Waals surface area contributed by atoms with Gasteiger partial charge in [0.15, 0.2) is 0 Å². The first-order valence-corrected chi connectivity index (χ1v) is 13.5. The minimum atomic E-state index is -0.653. The molecule has 1 radical (unpaired) electrons. The van der Waals surface area contributed by atoms with Crippen LogP contribution in [-0.2, 0) is 9.90 Å². The third-order valence-corrected chi connectivity index (χ3v) is 4.74. The van der Waals surface area contributed by atoms with E-state index in [1.807, 2.05) is 0 Å². The minimum absolute atomic E-state index is 0.105. The number of aliphatic hydroxyl groups is 2. The monoisotopic (exact) mass is 463 g/mol. The van der Waals surface area contributed by atoms with Gasteiger partial charge in [-0.1, -0.05) is 117 Å². The van der Waals surface area contributed by atoms with E-state index in [0.717, 1.165) is 32.1 Å². The molecule has 0 rings (SSSR count). The highest BCUT2D eigenvalue weighted by Crippen LogP contribution is 2.13. The second kappa shape index (κ2) is 44.1. The minimum Gasteiger partial charge on any atom is -0.481 e. The number of rotatable bonds is 19. The summed E-state index contributed by atoms with van der Waals surface area (Å²) in [6, 6.07) is 0. The molecule has 32 heavy (non-hydrogen) atoms. The van der Waals surface area contributed by atoms with Gasteiger partial charge >= 0.3 is 5.97 Å². The smallest absolute Gasteiger partial charge is 0.303 e. The van der Waals surface area contributed by atoms with Crippen LogP contribution in [0.3, 0.4) is 0 Å². The van der Waals surface area contributed by atoms with Crippen LogP contribution in [0, 0.1) is 0 Å². The van der Waals surface area contributed by atoms with Crippen molar-refractivity contribution < 1.29 is 25.2 Å². The molecule has 0 fully saturated rings. The maximum atomic E-state index is 10.3. The van der Waals surface area contributed by atoms with Gasteiger partial charge in [-0.25, -0.2) is 5.11 Å².